The van der Waals surface area contributed by atoms with E-state index >= 15 is 0 Å². The van der Waals surface area contributed by atoms with Gasteiger partial charge in [-0.15, -0.1) is 0 Å². The van der Waals surface area contributed by atoms with Gasteiger partial charge in [-0.3, -0.25) is 4.99 Å². The van der Waals surface area contributed by atoms with Crippen molar-refractivity contribution in [1.82, 2.24) is 0 Å². The molecular weight excluding hydrogens is 134 g/mol. The van der Waals surface area contributed by atoms with Gasteiger partial charge in [0.1, 0.15) is 0 Å². The summed E-state index contributed by atoms with van der Waals surface area (Å²) in [7, 11) is 0. The van der Waals surface area contributed by atoms with Crippen LogP contribution in [-0.2, 0) is 0 Å². The third kappa shape index (κ3) is 3.76. The van der Waals surface area contributed by atoms with Crippen LogP contribution in [0.15, 0.2) is 28.9 Å². The maximum Gasteiger partial charge on any atom is 0.0399 e. The third-order valence-electron chi connectivity index (χ3n) is 1.62. The standard InChI is InChI=1S/C10H17N/c1-6-10(7-2)11-9(5)8(3)4/h6H,3,7H2,1-2,4-5H3/b10-6-,11-9-. The van der Waals surface area contributed by atoms with Crippen molar-refractivity contribution in [2.45, 2.75) is 34.1 Å². The second-order valence-corrected chi connectivity index (χ2v) is 2.61. The minimum absolute atomic E-state index is 0.987. The highest BCUT2D eigenvalue weighted by Gasteiger charge is 1.92. The molecule has 0 N–H and O–H groups in total. The predicted molar refractivity (Wildman–Crippen MR) is 52.0 cm³/mol. The smallest absolute Gasteiger partial charge is 0.0399 e. The summed E-state index contributed by atoms with van der Waals surface area (Å²) in [6.45, 7) is 11.9. The largest absolute Gasteiger partial charge is 0.258 e. The average molecular weight is 151 g/mol. The maximum atomic E-state index is 4.39. The van der Waals surface area contributed by atoms with Crippen molar-refractivity contribution >= 4 is 5.71 Å². The molecule has 0 aromatic heterocycles. The number of nitrogens with zero attached hydrogens (tertiary/aromatic N) is 1. The van der Waals surface area contributed by atoms with Gasteiger partial charge in [0.2, 0.25) is 0 Å². The minimum atomic E-state index is 0.987. The van der Waals surface area contributed by atoms with Crippen molar-refractivity contribution in [1.29, 1.82) is 0 Å². The molecule has 0 saturated carbocycles. The van der Waals surface area contributed by atoms with E-state index in [2.05, 4.69) is 18.5 Å². The topological polar surface area (TPSA) is 12.4 Å². The predicted octanol–water partition coefficient (Wildman–Crippen LogP) is 3.34. The van der Waals surface area contributed by atoms with Crippen LogP contribution in [0, 0.1) is 0 Å². The Labute approximate surface area is 69.5 Å². The first-order chi connectivity index (χ1) is 5.11. The Bertz CT molecular complexity index is 197. The van der Waals surface area contributed by atoms with Crippen LogP contribution in [0.1, 0.15) is 34.1 Å². The van der Waals surface area contributed by atoms with Crippen LogP contribution >= 0.6 is 0 Å². The molecule has 0 radical (unpaired) electrons. The fourth-order valence-corrected chi connectivity index (χ4v) is 0.659. The zero-order valence-corrected chi connectivity index (χ0v) is 7.94. The maximum absolute atomic E-state index is 4.39. The Morgan fingerprint density at radius 3 is 2.27 bits per heavy atom. The molecule has 0 rings (SSSR count). The lowest BCUT2D eigenvalue weighted by Crippen LogP contribution is -1.92. The number of hydrogen-bond donors (Lipinski definition) is 0. The van der Waals surface area contributed by atoms with Gasteiger partial charge in [-0.1, -0.05) is 19.6 Å². The molecule has 1 heteroatoms. The van der Waals surface area contributed by atoms with Gasteiger partial charge < -0.3 is 0 Å². The Balaban J connectivity index is 4.40. The molecule has 0 aliphatic heterocycles. The van der Waals surface area contributed by atoms with Gasteiger partial charge in [-0.05, 0) is 32.8 Å². The van der Waals surface area contributed by atoms with Crippen LogP contribution in [0.5, 0.6) is 0 Å². The molecule has 0 fully saturated rings. The van der Waals surface area contributed by atoms with E-state index in [0.717, 1.165) is 23.4 Å². The molecule has 0 aromatic rings. The van der Waals surface area contributed by atoms with Crippen molar-refractivity contribution in [3.05, 3.63) is 23.9 Å². The van der Waals surface area contributed by atoms with Crippen LogP contribution in [0.25, 0.3) is 0 Å². The molecule has 0 aliphatic carbocycles. The number of rotatable bonds is 3. The summed E-state index contributed by atoms with van der Waals surface area (Å²) in [6, 6.07) is 0. The quantitative estimate of drug-likeness (QED) is 0.548. The van der Waals surface area contributed by atoms with E-state index in [-0.39, 0.29) is 0 Å². The van der Waals surface area contributed by atoms with Crippen molar-refractivity contribution in [3.8, 4) is 0 Å². The minimum Gasteiger partial charge on any atom is -0.258 e. The molecule has 0 atom stereocenters. The zero-order chi connectivity index (χ0) is 8.85. The lowest BCUT2D eigenvalue weighted by atomic mass is 10.2. The summed E-state index contributed by atoms with van der Waals surface area (Å²) in [4.78, 5) is 4.39. The molecule has 62 valence electrons. The first-order valence-electron chi connectivity index (χ1n) is 3.98. The van der Waals surface area contributed by atoms with Crippen molar-refractivity contribution in [3.63, 3.8) is 0 Å². The van der Waals surface area contributed by atoms with Gasteiger partial charge in [0.05, 0.1) is 0 Å². The van der Waals surface area contributed by atoms with E-state index in [1.807, 2.05) is 26.8 Å². The van der Waals surface area contributed by atoms with Crippen molar-refractivity contribution < 1.29 is 0 Å². The van der Waals surface area contributed by atoms with Crippen LogP contribution in [0.3, 0.4) is 0 Å². The second-order valence-electron chi connectivity index (χ2n) is 2.61. The van der Waals surface area contributed by atoms with Gasteiger partial charge >= 0.3 is 0 Å². The van der Waals surface area contributed by atoms with E-state index in [0.29, 0.717) is 0 Å². The van der Waals surface area contributed by atoms with Gasteiger partial charge in [0.25, 0.3) is 0 Å². The van der Waals surface area contributed by atoms with Gasteiger partial charge in [-0.2, -0.15) is 0 Å². The number of allylic oxidation sites excluding steroid dienone is 3. The molecule has 0 unspecified atom stereocenters. The monoisotopic (exact) mass is 151 g/mol. The first kappa shape index (κ1) is 10.2. The molecule has 11 heavy (non-hydrogen) atoms. The second kappa shape index (κ2) is 4.89. The fraction of sp³-hybridized carbons (Fsp3) is 0.500. The van der Waals surface area contributed by atoms with Crippen LogP contribution in [0.4, 0.5) is 0 Å². The van der Waals surface area contributed by atoms with Crippen LogP contribution < -0.4 is 0 Å². The summed E-state index contributed by atoms with van der Waals surface area (Å²) in [5.41, 5.74) is 3.20. The molecule has 0 bridgehead atoms. The third-order valence-corrected chi connectivity index (χ3v) is 1.62. The SMILES string of the molecule is C=C(C)/C(C)=N\C(=C/C)CC. The normalized spacial score (nSPS) is 13.5. The fourth-order valence-electron chi connectivity index (χ4n) is 0.659. The molecule has 0 saturated heterocycles. The summed E-state index contributed by atoms with van der Waals surface area (Å²) in [5.74, 6) is 0. The number of hydrogen-bond acceptors (Lipinski definition) is 1. The molecule has 0 aliphatic rings. The van der Waals surface area contributed by atoms with Crippen LogP contribution in [0.2, 0.25) is 0 Å². The molecule has 0 heterocycles. The van der Waals surface area contributed by atoms with Gasteiger partial charge in [0.15, 0.2) is 0 Å². The van der Waals surface area contributed by atoms with Gasteiger partial charge in [0, 0.05) is 11.4 Å². The Kier molecular flexibility index (Phi) is 4.51. The van der Waals surface area contributed by atoms with E-state index < -0.39 is 0 Å². The molecule has 0 spiro atoms. The highest BCUT2D eigenvalue weighted by atomic mass is 14.7. The molecule has 1 nitrogen and oxygen atoms in total. The first-order valence-corrected chi connectivity index (χ1v) is 3.98. The Morgan fingerprint density at radius 1 is 1.45 bits per heavy atom. The Hall–Kier alpha value is -0.850. The van der Waals surface area contributed by atoms with Gasteiger partial charge in [-0.25, -0.2) is 0 Å². The van der Waals surface area contributed by atoms with Crippen molar-refractivity contribution in [2.24, 2.45) is 4.99 Å². The average Bonchev–Trinajstić information content (AvgIpc) is 1.99. The number of aliphatic imine (C=N–C) groups is 1. The van der Waals surface area contributed by atoms with E-state index in [4.69, 9.17) is 0 Å². The van der Waals surface area contributed by atoms with E-state index in [1.165, 1.54) is 0 Å². The lowest BCUT2D eigenvalue weighted by Gasteiger charge is -1.99. The highest BCUT2D eigenvalue weighted by molar-refractivity contribution is 5.97. The molecular formula is C10H17N. The summed E-state index contributed by atoms with van der Waals surface area (Å²) < 4.78 is 0. The lowest BCUT2D eigenvalue weighted by molar-refractivity contribution is 1.06. The molecule has 0 amide bonds. The van der Waals surface area contributed by atoms with Crippen LogP contribution in [-0.4, -0.2) is 5.71 Å². The molecule has 0 aromatic carbocycles. The summed E-state index contributed by atoms with van der Waals surface area (Å²) >= 11 is 0. The Morgan fingerprint density at radius 2 is 2.00 bits per heavy atom. The van der Waals surface area contributed by atoms with E-state index in [9.17, 15) is 0 Å². The zero-order valence-electron chi connectivity index (χ0n) is 7.94. The summed E-state index contributed by atoms with van der Waals surface area (Å²) in [6.07, 6.45) is 3.02. The summed E-state index contributed by atoms with van der Waals surface area (Å²) in [5, 5.41) is 0. The van der Waals surface area contributed by atoms with E-state index in [1.54, 1.807) is 0 Å². The highest BCUT2D eigenvalue weighted by Crippen LogP contribution is 2.04. The van der Waals surface area contributed by atoms with Crippen molar-refractivity contribution in [2.75, 3.05) is 0 Å².